The first kappa shape index (κ1) is 19.7. The highest BCUT2D eigenvalue weighted by Crippen LogP contribution is 2.30. The van der Waals surface area contributed by atoms with E-state index in [1.807, 2.05) is 71.8 Å². The van der Waals surface area contributed by atoms with Gasteiger partial charge < -0.3 is 10.2 Å². The third-order valence-electron chi connectivity index (χ3n) is 4.99. The molecule has 6 heteroatoms. The zero-order valence-corrected chi connectivity index (χ0v) is 17.8. The summed E-state index contributed by atoms with van der Waals surface area (Å²) in [4.78, 5) is 29.4. The molecule has 0 saturated carbocycles. The molecule has 1 N–H and O–H groups in total. The van der Waals surface area contributed by atoms with Crippen LogP contribution in [0.4, 0.5) is 5.69 Å². The van der Waals surface area contributed by atoms with Gasteiger partial charge in [-0.15, -0.1) is 23.1 Å². The van der Waals surface area contributed by atoms with E-state index in [4.69, 9.17) is 0 Å². The van der Waals surface area contributed by atoms with Gasteiger partial charge in [0.15, 0.2) is 0 Å². The first-order chi connectivity index (χ1) is 14.1. The summed E-state index contributed by atoms with van der Waals surface area (Å²) in [6.07, 6.45) is 0.895. The van der Waals surface area contributed by atoms with Gasteiger partial charge in [0.2, 0.25) is 5.91 Å². The number of nitrogens with one attached hydrogen (secondary N) is 1. The van der Waals surface area contributed by atoms with Crippen molar-refractivity contribution in [2.24, 2.45) is 0 Å². The minimum atomic E-state index is -0.118. The number of amides is 2. The predicted molar refractivity (Wildman–Crippen MR) is 120 cm³/mol. The third kappa shape index (κ3) is 4.38. The molecular weight excluding hydrogens is 400 g/mol. The van der Waals surface area contributed by atoms with Crippen molar-refractivity contribution in [1.29, 1.82) is 0 Å². The molecule has 0 saturated heterocycles. The van der Waals surface area contributed by atoms with Gasteiger partial charge in [-0.25, -0.2) is 0 Å². The normalized spacial score (nSPS) is 13.8. The van der Waals surface area contributed by atoms with E-state index in [0.29, 0.717) is 11.3 Å². The Bertz CT molecular complexity index is 1020. The molecule has 1 aromatic heterocycles. The molecule has 0 fully saturated rings. The lowest BCUT2D eigenvalue weighted by molar-refractivity contribution is -0.116. The van der Waals surface area contributed by atoms with Crippen molar-refractivity contribution >= 4 is 40.6 Å². The number of para-hydroxylation sites is 1. The SMILES string of the molecule is CC(NC(=O)c1ccccc1SCC(=O)N1CCc2ccccc21)c1cccs1. The first-order valence-electron chi connectivity index (χ1n) is 9.58. The van der Waals surface area contributed by atoms with E-state index >= 15 is 0 Å². The Kier molecular flexibility index (Phi) is 6.02. The number of fused-ring (bicyclic) bond motifs is 1. The molecular formula is C23H22N2O2S2. The molecule has 0 bridgehead atoms. The summed E-state index contributed by atoms with van der Waals surface area (Å²) in [6, 6.07) is 19.5. The first-order valence-corrected chi connectivity index (χ1v) is 11.4. The van der Waals surface area contributed by atoms with Gasteiger partial charge in [0.05, 0.1) is 17.4 Å². The van der Waals surface area contributed by atoms with E-state index in [9.17, 15) is 9.59 Å². The smallest absolute Gasteiger partial charge is 0.252 e. The molecule has 1 aliphatic heterocycles. The minimum absolute atomic E-state index is 0.0525. The molecule has 2 amide bonds. The van der Waals surface area contributed by atoms with Crippen LogP contribution >= 0.6 is 23.1 Å². The summed E-state index contributed by atoms with van der Waals surface area (Å²) in [5.74, 6) is 0.258. The minimum Gasteiger partial charge on any atom is -0.345 e. The molecule has 1 atom stereocenters. The Morgan fingerprint density at radius 1 is 1.10 bits per heavy atom. The van der Waals surface area contributed by atoms with Crippen LogP contribution in [-0.2, 0) is 11.2 Å². The lowest BCUT2D eigenvalue weighted by Gasteiger charge is -2.18. The average molecular weight is 423 g/mol. The summed E-state index contributed by atoms with van der Waals surface area (Å²) >= 11 is 3.05. The van der Waals surface area contributed by atoms with Gasteiger partial charge in [-0.1, -0.05) is 36.4 Å². The fraction of sp³-hybridized carbons (Fsp3) is 0.217. The van der Waals surface area contributed by atoms with Crippen LogP contribution in [0.25, 0.3) is 0 Å². The molecule has 0 aliphatic carbocycles. The largest absolute Gasteiger partial charge is 0.345 e. The van der Waals surface area contributed by atoms with Crippen molar-refractivity contribution in [2.45, 2.75) is 24.3 Å². The van der Waals surface area contributed by atoms with E-state index in [1.54, 1.807) is 11.3 Å². The van der Waals surface area contributed by atoms with Crippen LogP contribution < -0.4 is 10.2 Å². The monoisotopic (exact) mass is 422 g/mol. The van der Waals surface area contributed by atoms with Crippen molar-refractivity contribution in [3.05, 3.63) is 82.0 Å². The number of hydrogen-bond acceptors (Lipinski definition) is 4. The number of carbonyl (C=O) groups excluding carboxylic acids is 2. The Balaban J connectivity index is 1.42. The van der Waals surface area contributed by atoms with Crippen LogP contribution in [0.3, 0.4) is 0 Å². The highest BCUT2D eigenvalue weighted by atomic mass is 32.2. The van der Waals surface area contributed by atoms with E-state index in [1.165, 1.54) is 17.3 Å². The highest BCUT2D eigenvalue weighted by molar-refractivity contribution is 8.00. The summed E-state index contributed by atoms with van der Waals surface area (Å²) in [6.45, 7) is 2.70. The molecule has 4 rings (SSSR count). The van der Waals surface area contributed by atoms with E-state index < -0.39 is 0 Å². The molecule has 0 radical (unpaired) electrons. The number of nitrogens with zero attached hydrogens (tertiary/aromatic N) is 1. The van der Waals surface area contributed by atoms with E-state index in [-0.39, 0.29) is 17.9 Å². The van der Waals surface area contributed by atoms with Crippen molar-refractivity contribution in [1.82, 2.24) is 5.32 Å². The standard InChI is InChI=1S/C23H22N2O2S2/c1-16(20-11-6-14-28-20)24-23(27)18-8-3-5-10-21(18)29-15-22(26)25-13-12-17-7-2-4-9-19(17)25/h2-11,14,16H,12-13,15H2,1H3,(H,24,27). The van der Waals surface area contributed by atoms with Crippen molar-refractivity contribution < 1.29 is 9.59 Å². The second-order valence-electron chi connectivity index (χ2n) is 6.92. The molecule has 1 aliphatic rings. The molecule has 3 aromatic rings. The second kappa shape index (κ2) is 8.84. The Morgan fingerprint density at radius 3 is 2.72 bits per heavy atom. The molecule has 1 unspecified atom stereocenters. The van der Waals surface area contributed by atoms with Crippen LogP contribution in [0.5, 0.6) is 0 Å². The average Bonchev–Trinajstić information content (AvgIpc) is 3.42. The highest BCUT2D eigenvalue weighted by Gasteiger charge is 2.24. The van der Waals surface area contributed by atoms with Crippen LogP contribution in [0.1, 0.15) is 33.8 Å². The lowest BCUT2D eigenvalue weighted by atomic mass is 10.2. The Hall–Kier alpha value is -2.57. The van der Waals surface area contributed by atoms with E-state index in [0.717, 1.165) is 28.4 Å². The van der Waals surface area contributed by atoms with Gasteiger partial charge in [-0.3, -0.25) is 9.59 Å². The number of carbonyl (C=O) groups is 2. The Morgan fingerprint density at radius 2 is 1.90 bits per heavy atom. The van der Waals surface area contributed by atoms with Crippen LogP contribution in [0.2, 0.25) is 0 Å². The van der Waals surface area contributed by atoms with Gasteiger partial charge in [0.25, 0.3) is 5.91 Å². The summed E-state index contributed by atoms with van der Waals surface area (Å²) in [5.41, 5.74) is 2.83. The molecule has 2 aromatic carbocycles. The van der Waals surface area contributed by atoms with Gasteiger partial charge in [-0.05, 0) is 48.6 Å². The van der Waals surface area contributed by atoms with Gasteiger partial charge in [-0.2, -0.15) is 0 Å². The summed E-state index contributed by atoms with van der Waals surface area (Å²) in [7, 11) is 0. The van der Waals surface area contributed by atoms with Crippen molar-refractivity contribution in [3.63, 3.8) is 0 Å². The van der Waals surface area contributed by atoms with Crippen molar-refractivity contribution in [3.8, 4) is 0 Å². The zero-order chi connectivity index (χ0) is 20.2. The summed E-state index contributed by atoms with van der Waals surface area (Å²) < 4.78 is 0. The summed E-state index contributed by atoms with van der Waals surface area (Å²) in [5, 5.41) is 5.06. The molecule has 2 heterocycles. The lowest BCUT2D eigenvalue weighted by Crippen LogP contribution is -2.30. The van der Waals surface area contributed by atoms with E-state index in [2.05, 4.69) is 11.4 Å². The third-order valence-corrected chi connectivity index (χ3v) is 7.10. The Labute approximate surface area is 178 Å². The number of thioether (sulfide) groups is 1. The van der Waals surface area contributed by atoms with Gasteiger partial charge >= 0.3 is 0 Å². The number of benzene rings is 2. The van der Waals surface area contributed by atoms with Crippen LogP contribution in [-0.4, -0.2) is 24.1 Å². The van der Waals surface area contributed by atoms with Crippen LogP contribution in [0, 0.1) is 0 Å². The van der Waals surface area contributed by atoms with Crippen molar-refractivity contribution in [2.75, 3.05) is 17.2 Å². The second-order valence-corrected chi connectivity index (χ2v) is 8.92. The van der Waals surface area contributed by atoms with Crippen LogP contribution in [0.15, 0.2) is 70.9 Å². The maximum absolute atomic E-state index is 12.8. The zero-order valence-electron chi connectivity index (χ0n) is 16.1. The van der Waals surface area contributed by atoms with Gasteiger partial charge in [0.1, 0.15) is 0 Å². The fourth-order valence-electron chi connectivity index (χ4n) is 3.48. The molecule has 4 nitrogen and oxygen atoms in total. The number of hydrogen-bond donors (Lipinski definition) is 1. The topological polar surface area (TPSA) is 49.4 Å². The number of thiophene rings is 1. The number of anilines is 1. The molecule has 0 spiro atoms. The fourth-order valence-corrected chi connectivity index (χ4v) is 5.14. The molecule has 148 valence electrons. The quantitative estimate of drug-likeness (QED) is 0.574. The van der Waals surface area contributed by atoms with Gasteiger partial charge in [0, 0.05) is 22.0 Å². The maximum Gasteiger partial charge on any atom is 0.252 e. The predicted octanol–water partition coefficient (Wildman–Crippen LogP) is 4.92. The number of rotatable bonds is 6. The maximum atomic E-state index is 12.8. The molecule has 29 heavy (non-hydrogen) atoms.